The number of nitrogens with one attached hydrogen (secondary N) is 3. The van der Waals surface area contributed by atoms with E-state index in [-0.39, 0.29) is 6.61 Å². The zero-order valence-electron chi connectivity index (χ0n) is 16.5. The average molecular weight is 402 g/mol. The molecule has 3 rings (SSSR count). The number of anilines is 2. The summed E-state index contributed by atoms with van der Waals surface area (Å²) >= 11 is 0. The number of hydrazine groups is 1. The summed E-state index contributed by atoms with van der Waals surface area (Å²) in [4.78, 5) is 29.2. The maximum absolute atomic E-state index is 12.3. The largest absolute Gasteiger partial charge is 0.385 e. The highest BCUT2D eigenvalue weighted by Crippen LogP contribution is 2.17. The molecule has 0 aliphatic rings. The molecule has 152 valence electrons. The second-order valence-corrected chi connectivity index (χ2v) is 6.39. The highest BCUT2D eigenvalue weighted by Gasteiger charge is 2.09. The summed E-state index contributed by atoms with van der Waals surface area (Å²) in [6, 6.07) is 26.0. The van der Waals surface area contributed by atoms with Gasteiger partial charge in [-0.25, -0.2) is 0 Å². The summed E-state index contributed by atoms with van der Waals surface area (Å²) in [6.07, 6.45) is 0. The molecule has 0 unspecified atom stereocenters. The van der Waals surface area contributed by atoms with E-state index in [2.05, 4.69) is 21.3 Å². The third-order valence-corrected chi connectivity index (χ3v) is 4.09. The van der Waals surface area contributed by atoms with Crippen LogP contribution in [-0.4, -0.2) is 24.1 Å². The van der Waals surface area contributed by atoms with Crippen molar-refractivity contribution in [2.45, 2.75) is 6.92 Å². The van der Waals surface area contributed by atoms with E-state index in [9.17, 15) is 9.59 Å². The monoisotopic (exact) mass is 402 g/mol. The Kier molecular flexibility index (Phi) is 7.16. The van der Waals surface area contributed by atoms with E-state index in [1.807, 2.05) is 66.7 Å². The lowest BCUT2D eigenvalue weighted by molar-refractivity contribution is -0.126. The Morgan fingerprint density at radius 2 is 1.43 bits per heavy atom. The van der Waals surface area contributed by atoms with Crippen LogP contribution in [0, 0.1) is 0 Å². The molecule has 0 fully saturated rings. The van der Waals surface area contributed by atoms with Crippen LogP contribution in [0.1, 0.15) is 22.8 Å². The van der Waals surface area contributed by atoms with E-state index < -0.39 is 11.8 Å². The normalized spacial score (nSPS) is 10.8. The molecule has 30 heavy (non-hydrogen) atoms. The molecular weight excluding hydrogens is 380 g/mol. The second-order valence-electron chi connectivity index (χ2n) is 6.39. The van der Waals surface area contributed by atoms with Gasteiger partial charge in [-0.1, -0.05) is 59.8 Å². The summed E-state index contributed by atoms with van der Waals surface area (Å²) in [6.45, 7) is 1.46. The second kappa shape index (κ2) is 10.4. The summed E-state index contributed by atoms with van der Waals surface area (Å²) in [5, 5.41) is 7.12. The van der Waals surface area contributed by atoms with E-state index in [1.165, 1.54) is 0 Å². The number of rotatable bonds is 7. The minimum absolute atomic E-state index is 0.319. The summed E-state index contributed by atoms with van der Waals surface area (Å²) < 4.78 is 0. The van der Waals surface area contributed by atoms with Gasteiger partial charge in [0.1, 0.15) is 0 Å². The minimum atomic E-state index is -0.522. The van der Waals surface area contributed by atoms with Gasteiger partial charge in [-0.2, -0.15) is 0 Å². The summed E-state index contributed by atoms with van der Waals surface area (Å²) in [5.41, 5.74) is 8.29. The Bertz CT molecular complexity index is 1020. The van der Waals surface area contributed by atoms with Crippen molar-refractivity contribution >= 4 is 28.9 Å². The smallest absolute Gasteiger partial charge is 0.279 e. The molecule has 0 aliphatic carbocycles. The van der Waals surface area contributed by atoms with Crippen LogP contribution in [0.25, 0.3) is 0 Å². The summed E-state index contributed by atoms with van der Waals surface area (Å²) in [7, 11) is 0. The lowest BCUT2D eigenvalue weighted by Crippen LogP contribution is -2.43. The van der Waals surface area contributed by atoms with Crippen molar-refractivity contribution in [1.29, 1.82) is 0 Å². The first-order chi connectivity index (χ1) is 14.6. The molecule has 0 saturated heterocycles. The molecule has 0 heterocycles. The van der Waals surface area contributed by atoms with E-state index >= 15 is 0 Å². The lowest BCUT2D eigenvalue weighted by Gasteiger charge is -2.10. The molecule has 0 spiro atoms. The van der Waals surface area contributed by atoms with Gasteiger partial charge in [0.25, 0.3) is 11.8 Å². The minimum Gasteiger partial charge on any atom is -0.385 e. The molecule has 2 amide bonds. The Morgan fingerprint density at radius 1 is 0.800 bits per heavy atom. The molecule has 0 radical (unpaired) electrons. The van der Waals surface area contributed by atoms with E-state index in [4.69, 9.17) is 4.84 Å². The first kappa shape index (κ1) is 20.6. The van der Waals surface area contributed by atoms with Gasteiger partial charge in [0.05, 0.1) is 5.71 Å². The van der Waals surface area contributed by atoms with Gasteiger partial charge in [-0.3, -0.25) is 20.4 Å². The van der Waals surface area contributed by atoms with Gasteiger partial charge in [0, 0.05) is 16.9 Å². The first-order valence-electron chi connectivity index (χ1n) is 9.35. The van der Waals surface area contributed by atoms with Gasteiger partial charge in [0.15, 0.2) is 6.61 Å². The fourth-order valence-electron chi connectivity index (χ4n) is 2.58. The summed E-state index contributed by atoms with van der Waals surface area (Å²) in [5.74, 6) is -0.962. The standard InChI is InChI=1S/C23H22N4O3/c1-17(18-9-4-2-5-10-18)27-30-16-22(28)25-26-23(29)19-11-8-14-21(15-19)24-20-12-6-3-7-13-20/h2-15,24H,16H2,1H3,(H,25,28)(H,26,29)/b27-17-. The molecule has 3 N–H and O–H groups in total. The van der Waals surface area contributed by atoms with Crippen LogP contribution < -0.4 is 16.2 Å². The average Bonchev–Trinajstić information content (AvgIpc) is 2.79. The van der Waals surface area contributed by atoms with Gasteiger partial charge < -0.3 is 10.2 Å². The number of amides is 2. The molecule has 0 saturated carbocycles. The molecule has 3 aromatic carbocycles. The van der Waals surface area contributed by atoms with Gasteiger partial charge >= 0.3 is 0 Å². The maximum Gasteiger partial charge on any atom is 0.279 e. The van der Waals surface area contributed by atoms with E-state index in [1.54, 1.807) is 25.1 Å². The highest BCUT2D eigenvalue weighted by molar-refractivity contribution is 5.98. The Labute approximate surface area is 174 Å². The van der Waals surface area contributed by atoms with Crippen LogP contribution in [0.5, 0.6) is 0 Å². The van der Waals surface area contributed by atoms with E-state index in [0.29, 0.717) is 11.3 Å². The van der Waals surface area contributed by atoms with Crippen molar-refractivity contribution in [2.24, 2.45) is 5.16 Å². The predicted molar refractivity (Wildman–Crippen MR) is 116 cm³/mol. The quantitative estimate of drug-likeness (QED) is 0.416. The highest BCUT2D eigenvalue weighted by atomic mass is 16.6. The molecule has 0 aliphatic heterocycles. The Hall–Kier alpha value is -4.13. The fraction of sp³-hybridized carbons (Fsp3) is 0.0870. The number of hydrogen-bond acceptors (Lipinski definition) is 5. The Morgan fingerprint density at radius 3 is 2.17 bits per heavy atom. The topological polar surface area (TPSA) is 91.8 Å². The Balaban J connectivity index is 1.47. The molecule has 7 heteroatoms. The number of para-hydroxylation sites is 1. The lowest BCUT2D eigenvalue weighted by atomic mass is 10.1. The van der Waals surface area contributed by atoms with Gasteiger partial charge in [-0.15, -0.1) is 0 Å². The number of carbonyl (C=O) groups excluding carboxylic acids is 2. The number of benzene rings is 3. The van der Waals surface area contributed by atoms with Crippen molar-refractivity contribution in [3.05, 3.63) is 96.1 Å². The number of nitrogens with zero attached hydrogens (tertiary/aromatic N) is 1. The van der Waals surface area contributed by atoms with Crippen LogP contribution in [-0.2, 0) is 9.63 Å². The fourth-order valence-corrected chi connectivity index (χ4v) is 2.58. The van der Waals surface area contributed by atoms with Crippen LogP contribution in [0.2, 0.25) is 0 Å². The number of carbonyl (C=O) groups is 2. The molecule has 0 atom stereocenters. The van der Waals surface area contributed by atoms with Gasteiger partial charge in [0.2, 0.25) is 0 Å². The van der Waals surface area contributed by atoms with Crippen LogP contribution in [0.4, 0.5) is 11.4 Å². The van der Waals surface area contributed by atoms with Crippen molar-refractivity contribution in [2.75, 3.05) is 11.9 Å². The maximum atomic E-state index is 12.3. The van der Waals surface area contributed by atoms with Crippen molar-refractivity contribution in [3.63, 3.8) is 0 Å². The van der Waals surface area contributed by atoms with Crippen LogP contribution in [0.3, 0.4) is 0 Å². The zero-order valence-corrected chi connectivity index (χ0v) is 16.5. The van der Waals surface area contributed by atoms with E-state index in [0.717, 1.165) is 16.9 Å². The zero-order chi connectivity index (χ0) is 21.2. The van der Waals surface area contributed by atoms with Crippen molar-refractivity contribution in [1.82, 2.24) is 10.9 Å². The molecule has 3 aromatic rings. The van der Waals surface area contributed by atoms with Crippen molar-refractivity contribution in [3.8, 4) is 0 Å². The molecule has 0 aromatic heterocycles. The molecular formula is C23H22N4O3. The molecule has 7 nitrogen and oxygen atoms in total. The predicted octanol–water partition coefficient (Wildman–Crippen LogP) is 3.63. The third-order valence-electron chi connectivity index (χ3n) is 4.09. The number of hydrogen-bond donors (Lipinski definition) is 3. The SMILES string of the molecule is C/C(=N/OCC(=O)NNC(=O)c1cccc(Nc2ccccc2)c1)c1ccccc1. The third kappa shape index (κ3) is 6.20. The van der Waals surface area contributed by atoms with Gasteiger partial charge in [-0.05, 0) is 42.8 Å². The first-order valence-corrected chi connectivity index (χ1v) is 9.35. The number of oxime groups is 1. The van der Waals surface area contributed by atoms with Crippen LogP contribution >= 0.6 is 0 Å². The molecule has 0 bridgehead atoms. The van der Waals surface area contributed by atoms with Crippen LogP contribution in [0.15, 0.2) is 90.1 Å². The van der Waals surface area contributed by atoms with Crippen molar-refractivity contribution < 1.29 is 14.4 Å².